The zero-order valence-corrected chi connectivity index (χ0v) is 19.4. The molecular formula is C25H34N2O2S. The third-order valence-electron chi connectivity index (χ3n) is 4.88. The number of hydrogen-bond donors (Lipinski definition) is 1. The van der Waals surface area contributed by atoms with Crippen molar-refractivity contribution in [1.29, 1.82) is 0 Å². The summed E-state index contributed by atoms with van der Waals surface area (Å²) >= 11 is 1.59. The van der Waals surface area contributed by atoms with Crippen molar-refractivity contribution in [3.8, 4) is 0 Å². The van der Waals surface area contributed by atoms with Gasteiger partial charge in [-0.3, -0.25) is 9.59 Å². The van der Waals surface area contributed by atoms with Crippen LogP contribution >= 0.6 is 11.8 Å². The zero-order valence-electron chi connectivity index (χ0n) is 18.6. The maximum atomic E-state index is 13.2. The molecule has 30 heavy (non-hydrogen) atoms. The molecule has 2 aromatic rings. The Morgan fingerprint density at radius 3 is 2.27 bits per heavy atom. The second-order valence-corrected chi connectivity index (χ2v) is 9.03. The van der Waals surface area contributed by atoms with Gasteiger partial charge in [-0.15, -0.1) is 11.8 Å². The summed E-state index contributed by atoms with van der Waals surface area (Å²) in [7, 11) is 0. The standard InChI is InChI=1S/C25H34N2O2S/c1-5-23(25(29)26-15-19(2)3)27(16-21-9-7-6-8-10-21)24(28)18-30-17-22-13-11-20(4)12-14-22/h6-14,19,23H,5,15-18H2,1-4H3,(H,26,29)/t23-/m0/s1. The van der Waals surface area contributed by atoms with E-state index in [0.29, 0.717) is 31.2 Å². The van der Waals surface area contributed by atoms with E-state index in [0.717, 1.165) is 11.3 Å². The predicted octanol–water partition coefficient (Wildman–Crippen LogP) is 4.81. The van der Waals surface area contributed by atoms with E-state index < -0.39 is 6.04 Å². The van der Waals surface area contributed by atoms with Gasteiger partial charge in [-0.25, -0.2) is 0 Å². The highest BCUT2D eigenvalue weighted by Crippen LogP contribution is 2.17. The molecule has 1 atom stereocenters. The lowest BCUT2D eigenvalue weighted by atomic mass is 10.1. The third-order valence-corrected chi connectivity index (χ3v) is 5.87. The maximum absolute atomic E-state index is 13.2. The third kappa shape index (κ3) is 7.86. The molecular weight excluding hydrogens is 392 g/mol. The van der Waals surface area contributed by atoms with Crippen LogP contribution in [0.1, 0.15) is 43.9 Å². The summed E-state index contributed by atoms with van der Waals surface area (Å²) in [5.74, 6) is 1.44. The van der Waals surface area contributed by atoms with Crippen molar-refractivity contribution in [2.75, 3.05) is 12.3 Å². The number of rotatable bonds is 11. The van der Waals surface area contributed by atoms with Crippen LogP contribution in [0.4, 0.5) is 0 Å². The van der Waals surface area contributed by atoms with Gasteiger partial charge in [0.25, 0.3) is 0 Å². The Morgan fingerprint density at radius 2 is 1.67 bits per heavy atom. The minimum Gasteiger partial charge on any atom is -0.354 e. The summed E-state index contributed by atoms with van der Waals surface area (Å²) in [6.45, 7) is 9.22. The Bertz CT molecular complexity index is 791. The number of nitrogens with zero attached hydrogens (tertiary/aromatic N) is 1. The Hall–Kier alpha value is -2.27. The van der Waals surface area contributed by atoms with Crippen molar-refractivity contribution in [3.63, 3.8) is 0 Å². The Morgan fingerprint density at radius 1 is 1.00 bits per heavy atom. The summed E-state index contributed by atoms with van der Waals surface area (Å²) in [4.78, 5) is 27.7. The van der Waals surface area contributed by atoms with Crippen molar-refractivity contribution in [2.24, 2.45) is 5.92 Å². The molecule has 0 aromatic heterocycles. The summed E-state index contributed by atoms with van der Waals surface area (Å²) in [5.41, 5.74) is 3.46. The van der Waals surface area contributed by atoms with Gasteiger partial charge < -0.3 is 10.2 Å². The molecule has 2 amide bonds. The first-order valence-corrected chi connectivity index (χ1v) is 11.8. The van der Waals surface area contributed by atoms with Gasteiger partial charge in [-0.2, -0.15) is 0 Å². The normalized spacial score (nSPS) is 11.9. The molecule has 1 N–H and O–H groups in total. The number of carbonyl (C=O) groups is 2. The van der Waals surface area contributed by atoms with Gasteiger partial charge >= 0.3 is 0 Å². The fourth-order valence-electron chi connectivity index (χ4n) is 3.15. The molecule has 2 rings (SSSR count). The highest BCUT2D eigenvalue weighted by atomic mass is 32.2. The van der Waals surface area contributed by atoms with Crippen LogP contribution in [-0.4, -0.2) is 35.1 Å². The molecule has 0 heterocycles. The van der Waals surface area contributed by atoms with Crippen LogP contribution in [0.15, 0.2) is 54.6 Å². The number of nitrogens with one attached hydrogen (secondary N) is 1. The molecule has 2 aromatic carbocycles. The van der Waals surface area contributed by atoms with E-state index in [2.05, 4.69) is 50.4 Å². The summed E-state index contributed by atoms with van der Waals surface area (Å²) in [5, 5.41) is 3.00. The summed E-state index contributed by atoms with van der Waals surface area (Å²) in [6, 6.07) is 17.8. The molecule has 0 spiro atoms. The molecule has 0 aliphatic carbocycles. The zero-order chi connectivity index (χ0) is 21.9. The average Bonchev–Trinajstić information content (AvgIpc) is 2.74. The largest absolute Gasteiger partial charge is 0.354 e. The average molecular weight is 427 g/mol. The van der Waals surface area contributed by atoms with Gasteiger partial charge in [0.05, 0.1) is 5.75 Å². The number of carbonyl (C=O) groups excluding carboxylic acids is 2. The molecule has 5 heteroatoms. The van der Waals surface area contributed by atoms with Crippen molar-refractivity contribution in [3.05, 3.63) is 71.3 Å². The number of benzene rings is 2. The van der Waals surface area contributed by atoms with Gasteiger partial charge in [0.2, 0.25) is 11.8 Å². The van der Waals surface area contributed by atoms with E-state index in [-0.39, 0.29) is 11.8 Å². The molecule has 0 unspecified atom stereocenters. The fraction of sp³-hybridized carbons (Fsp3) is 0.440. The predicted molar refractivity (Wildman–Crippen MR) is 126 cm³/mol. The van der Waals surface area contributed by atoms with Gasteiger partial charge in [0.1, 0.15) is 6.04 Å². The van der Waals surface area contributed by atoms with E-state index in [1.54, 1.807) is 16.7 Å². The molecule has 162 valence electrons. The van der Waals surface area contributed by atoms with Gasteiger partial charge in [-0.05, 0) is 30.4 Å². The Balaban J connectivity index is 2.07. The van der Waals surface area contributed by atoms with E-state index in [1.165, 1.54) is 11.1 Å². The van der Waals surface area contributed by atoms with Crippen molar-refractivity contribution in [1.82, 2.24) is 10.2 Å². The fourth-order valence-corrected chi connectivity index (χ4v) is 4.02. The maximum Gasteiger partial charge on any atom is 0.242 e. The Labute approximate surface area is 185 Å². The lowest BCUT2D eigenvalue weighted by Gasteiger charge is -2.31. The topological polar surface area (TPSA) is 49.4 Å². The number of hydrogen-bond acceptors (Lipinski definition) is 3. The molecule has 4 nitrogen and oxygen atoms in total. The second kappa shape index (κ2) is 12.4. The number of aryl methyl sites for hydroxylation is 1. The van der Waals surface area contributed by atoms with Gasteiger partial charge in [-0.1, -0.05) is 80.9 Å². The van der Waals surface area contributed by atoms with Crippen LogP contribution in [0, 0.1) is 12.8 Å². The minimum atomic E-state index is -0.462. The highest BCUT2D eigenvalue weighted by molar-refractivity contribution is 7.99. The number of amides is 2. The second-order valence-electron chi connectivity index (χ2n) is 8.05. The van der Waals surface area contributed by atoms with Crippen molar-refractivity contribution >= 4 is 23.6 Å². The molecule has 0 saturated carbocycles. The Kier molecular flexibility index (Phi) is 9.95. The van der Waals surface area contributed by atoms with Crippen LogP contribution in [0.5, 0.6) is 0 Å². The summed E-state index contributed by atoms with van der Waals surface area (Å²) in [6.07, 6.45) is 0.588. The van der Waals surface area contributed by atoms with Crippen LogP contribution in [-0.2, 0) is 21.9 Å². The summed E-state index contributed by atoms with van der Waals surface area (Å²) < 4.78 is 0. The first-order chi connectivity index (χ1) is 14.4. The molecule has 0 aliphatic heterocycles. The van der Waals surface area contributed by atoms with E-state index >= 15 is 0 Å². The van der Waals surface area contributed by atoms with Gasteiger partial charge in [0.15, 0.2) is 0 Å². The first kappa shape index (κ1) is 24.0. The van der Waals surface area contributed by atoms with Crippen molar-refractivity contribution in [2.45, 2.75) is 52.5 Å². The lowest BCUT2D eigenvalue weighted by Crippen LogP contribution is -2.50. The van der Waals surface area contributed by atoms with Crippen molar-refractivity contribution < 1.29 is 9.59 Å². The SMILES string of the molecule is CC[C@@H](C(=O)NCC(C)C)N(Cc1ccccc1)C(=O)CSCc1ccc(C)cc1. The monoisotopic (exact) mass is 426 g/mol. The molecule has 0 fully saturated rings. The quantitative estimate of drug-likeness (QED) is 0.561. The first-order valence-electron chi connectivity index (χ1n) is 10.6. The smallest absolute Gasteiger partial charge is 0.242 e. The van der Waals surface area contributed by atoms with E-state index in [4.69, 9.17) is 0 Å². The van der Waals surface area contributed by atoms with Crippen LogP contribution in [0.25, 0.3) is 0 Å². The van der Waals surface area contributed by atoms with Crippen LogP contribution in [0.2, 0.25) is 0 Å². The highest BCUT2D eigenvalue weighted by Gasteiger charge is 2.28. The molecule has 0 aliphatic rings. The lowest BCUT2D eigenvalue weighted by molar-refractivity contribution is -0.139. The molecule has 0 bridgehead atoms. The molecule has 0 radical (unpaired) electrons. The molecule has 0 saturated heterocycles. The van der Waals surface area contributed by atoms with Crippen LogP contribution in [0.3, 0.4) is 0 Å². The van der Waals surface area contributed by atoms with E-state index in [9.17, 15) is 9.59 Å². The number of thioether (sulfide) groups is 1. The minimum absolute atomic E-state index is 0.00233. The van der Waals surface area contributed by atoms with Crippen LogP contribution < -0.4 is 5.32 Å². The van der Waals surface area contributed by atoms with E-state index in [1.807, 2.05) is 37.3 Å². The van der Waals surface area contributed by atoms with Gasteiger partial charge in [0, 0.05) is 18.8 Å².